The van der Waals surface area contributed by atoms with Crippen LogP contribution in [0.4, 0.5) is 5.69 Å². The lowest BCUT2D eigenvalue weighted by atomic mass is 10.1. The first-order valence-electron chi connectivity index (χ1n) is 10.0. The number of aromatic nitrogens is 3. The number of aromatic amines is 1. The Hall–Kier alpha value is -2.68. The third-order valence-electron chi connectivity index (χ3n) is 4.71. The minimum atomic E-state index is -0.356. The highest BCUT2D eigenvalue weighted by Gasteiger charge is 2.20. The third kappa shape index (κ3) is 5.97. The molecule has 168 valence electrons. The summed E-state index contributed by atoms with van der Waals surface area (Å²) in [5.74, 6) is -0.0257. The number of hydrogen-bond acceptors (Lipinski definition) is 4. The summed E-state index contributed by atoms with van der Waals surface area (Å²) in [4.78, 5) is 27.2. The van der Waals surface area contributed by atoms with Gasteiger partial charge in [0.1, 0.15) is 6.54 Å². The zero-order valence-electron chi connectivity index (χ0n) is 17.7. The van der Waals surface area contributed by atoms with E-state index >= 15 is 0 Å². The first kappa shape index (κ1) is 24.0. The van der Waals surface area contributed by atoms with Crippen molar-refractivity contribution in [1.82, 2.24) is 19.7 Å². The maximum Gasteiger partial charge on any atom is 0.244 e. The highest BCUT2D eigenvalue weighted by atomic mass is 35.5. The second-order valence-electron chi connectivity index (χ2n) is 7.30. The van der Waals surface area contributed by atoms with Gasteiger partial charge < -0.3 is 10.2 Å². The number of aryl methyl sites for hydroxylation is 1. The number of carbonyl (C=O) groups is 2. The van der Waals surface area contributed by atoms with Crippen molar-refractivity contribution in [2.45, 2.75) is 26.8 Å². The molecule has 0 radical (unpaired) electrons. The van der Waals surface area contributed by atoms with E-state index < -0.39 is 0 Å². The van der Waals surface area contributed by atoms with Crippen LogP contribution in [0.15, 0.2) is 42.5 Å². The number of halogens is 2. The lowest BCUT2D eigenvalue weighted by molar-refractivity contribution is -0.135. The molecule has 10 heteroatoms. The van der Waals surface area contributed by atoms with E-state index in [0.717, 1.165) is 11.1 Å². The van der Waals surface area contributed by atoms with Crippen molar-refractivity contribution < 1.29 is 9.59 Å². The van der Waals surface area contributed by atoms with Crippen LogP contribution in [0.3, 0.4) is 0 Å². The summed E-state index contributed by atoms with van der Waals surface area (Å²) < 4.78 is 1.98. The molecule has 2 amide bonds. The summed E-state index contributed by atoms with van der Waals surface area (Å²) in [6.45, 7) is 4.19. The Bertz CT molecular complexity index is 1190. The Morgan fingerprint density at radius 1 is 1.22 bits per heavy atom. The molecular weight excluding hydrogens is 469 g/mol. The molecule has 2 aromatic carbocycles. The number of rotatable bonds is 8. The van der Waals surface area contributed by atoms with Gasteiger partial charge in [0.15, 0.2) is 10.6 Å². The van der Waals surface area contributed by atoms with Gasteiger partial charge in [-0.1, -0.05) is 53.9 Å². The molecule has 1 heterocycles. The summed E-state index contributed by atoms with van der Waals surface area (Å²) in [6.07, 6.45) is 0.697. The fourth-order valence-electron chi connectivity index (χ4n) is 3.22. The normalized spacial score (nSPS) is 10.8. The van der Waals surface area contributed by atoms with Crippen LogP contribution in [-0.4, -0.2) is 44.6 Å². The molecule has 3 aromatic rings. The summed E-state index contributed by atoms with van der Waals surface area (Å²) in [5.41, 5.74) is 2.35. The predicted octanol–water partition coefficient (Wildman–Crippen LogP) is 5.10. The number of anilines is 1. The number of amides is 2. The van der Waals surface area contributed by atoms with Gasteiger partial charge in [0, 0.05) is 17.1 Å². The zero-order valence-corrected chi connectivity index (χ0v) is 20.0. The first-order chi connectivity index (χ1) is 15.3. The molecule has 0 aliphatic carbocycles. The van der Waals surface area contributed by atoms with Crippen LogP contribution in [0.5, 0.6) is 0 Å². The smallest absolute Gasteiger partial charge is 0.244 e. The largest absolute Gasteiger partial charge is 0.332 e. The third-order valence-corrected chi connectivity index (χ3v) is 5.57. The number of benzene rings is 2. The van der Waals surface area contributed by atoms with E-state index in [9.17, 15) is 9.59 Å². The molecule has 0 saturated heterocycles. The van der Waals surface area contributed by atoms with Crippen LogP contribution in [-0.2, 0) is 16.1 Å². The van der Waals surface area contributed by atoms with Gasteiger partial charge in [-0.25, -0.2) is 0 Å². The first-order valence-corrected chi connectivity index (χ1v) is 11.2. The molecule has 0 saturated carbocycles. The molecule has 0 unspecified atom stereocenters. The van der Waals surface area contributed by atoms with Crippen molar-refractivity contribution in [3.63, 3.8) is 0 Å². The Labute approximate surface area is 201 Å². The molecule has 0 aliphatic heterocycles. The van der Waals surface area contributed by atoms with Crippen LogP contribution in [0.1, 0.15) is 18.9 Å². The highest BCUT2D eigenvalue weighted by molar-refractivity contribution is 7.71. The fourth-order valence-corrected chi connectivity index (χ4v) is 3.87. The maximum absolute atomic E-state index is 13.1. The van der Waals surface area contributed by atoms with E-state index in [1.54, 1.807) is 22.8 Å². The zero-order chi connectivity index (χ0) is 23.3. The quantitative estimate of drug-likeness (QED) is 0.429. The molecule has 0 bridgehead atoms. The van der Waals surface area contributed by atoms with E-state index in [4.69, 9.17) is 35.4 Å². The lowest BCUT2D eigenvalue weighted by Gasteiger charge is -2.22. The van der Waals surface area contributed by atoms with Crippen molar-refractivity contribution in [2.24, 2.45) is 0 Å². The van der Waals surface area contributed by atoms with Gasteiger partial charge in [-0.15, -0.1) is 0 Å². The van der Waals surface area contributed by atoms with Crippen LogP contribution in [0.2, 0.25) is 10.0 Å². The van der Waals surface area contributed by atoms with E-state index in [2.05, 4.69) is 15.5 Å². The molecule has 7 nitrogen and oxygen atoms in total. The summed E-state index contributed by atoms with van der Waals surface area (Å²) in [5, 5.41) is 10.6. The Morgan fingerprint density at radius 2 is 2.00 bits per heavy atom. The minimum absolute atomic E-state index is 0.0341. The van der Waals surface area contributed by atoms with E-state index in [-0.39, 0.29) is 24.9 Å². The Morgan fingerprint density at radius 3 is 2.69 bits per heavy atom. The number of nitrogens with zero attached hydrogens (tertiary/aromatic N) is 3. The molecule has 3 rings (SSSR count). The van der Waals surface area contributed by atoms with Gasteiger partial charge in [-0.05, 0) is 49.8 Å². The second kappa shape index (κ2) is 10.8. The number of nitrogens with one attached hydrogen (secondary N) is 2. The van der Waals surface area contributed by atoms with Gasteiger partial charge in [-0.3, -0.25) is 19.3 Å². The van der Waals surface area contributed by atoms with Gasteiger partial charge >= 0.3 is 0 Å². The standard InChI is InChI=1S/C22H23Cl2N5O2S/c1-3-9-28(12-19(30)25-18-8-7-16(23)11-17(18)24)20(31)13-29-21(26-27-22(29)32)15-6-4-5-14(2)10-15/h4-8,10-11H,3,9,12-13H2,1-2H3,(H,25,30)(H,27,32). The topological polar surface area (TPSA) is 83.0 Å². The Balaban J connectivity index is 1.75. The van der Waals surface area contributed by atoms with Crippen LogP contribution in [0.25, 0.3) is 11.4 Å². The van der Waals surface area contributed by atoms with Gasteiger partial charge in [0.05, 0.1) is 17.3 Å². The van der Waals surface area contributed by atoms with Crippen molar-refractivity contribution in [1.29, 1.82) is 0 Å². The number of carbonyl (C=O) groups excluding carboxylic acids is 2. The monoisotopic (exact) mass is 491 g/mol. The van der Waals surface area contributed by atoms with Crippen LogP contribution >= 0.6 is 35.4 Å². The SMILES string of the molecule is CCCN(CC(=O)Nc1ccc(Cl)cc1Cl)C(=O)Cn1c(-c2cccc(C)c2)n[nH]c1=S. The fraction of sp³-hybridized carbons (Fsp3) is 0.273. The highest BCUT2D eigenvalue weighted by Crippen LogP contribution is 2.25. The molecular formula is C22H23Cl2N5O2S. The van der Waals surface area contributed by atoms with Crippen molar-refractivity contribution in [3.05, 3.63) is 62.8 Å². The molecule has 0 fully saturated rings. The summed E-state index contributed by atoms with van der Waals surface area (Å²) in [7, 11) is 0. The lowest BCUT2D eigenvalue weighted by Crippen LogP contribution is -2.40. The average molecular weight is 492 g/mol. The van der Waals surface area contributed by atoms with Crippen molar-refractivity contribution in [3.8, 4) is 11.4 Å². The minimum Gasteiger partial charge on any atom is -0.332 e. The van der Waals surface area contributed by atoms with Gasteiger partial charge in [0.2, 0.25) is 11.8 Å². The van der Waals surface area contributed by atoms with Crippen molar-refractivity contribution >= 4 is 52.9 Å². The Kier molecular flexibility index (Phi) is 8.06. The predicted molar refractivity (Wildman–Crippen MR) is 130 cm³/mol. The molecule has 0 aliphatic rings. The van der Waals surface area contributed by atoms with E-state index in [0.29, 0.717) is 39.3 Å². The van der Waals surface area contributed by atoms with Crippen molar-refractivity contribution in [2.75, 3.05) is 18.4 Å². The maximum atomic E-state index is 13.1. The number of hydrogen-bond donors (Lipinski definition) is 2. The molecule has 0 spiro atoms. The summed E-state index contributed by atoms with van der Waals surface area (Å²) >= 11 is 17.4. The van der Waals surface area contributed by atoms with Crippen LogP contribution in [0, 0.1) is 11.7 Å². The second-order valence-corrected chi connectivity index (χ2v) is 8.53. The average Bonchev–Trinajstić information content (AvgIpc) is 3.10. The van der Waals surface area contributed by atoms with Crippen LogP contribution < -0.4 is 5.32 Å². The molecule has 0 atom stereocenters. The van der Waals surface area contributed by atoms with Gasteiger partial charge in [-0.2, -0.15) is 5.10 Å². The molecule has 2 N–H and O–H groups in total. The van der Waals surface area contributed by atoms with E-state index in [1.807, 2.05) is 38.1 Å². The number of H-pyrrole nitrogens is 1. The van der Waals surface area contributed by atoms with Gasteiger partial charge in [0.25, 0.3) is 0 Å². The molecule has 1 aromatic heterocycles. The van der Waals surface area contributed by atoms with E-state index in [1.165, 1.54) is 4.90 Å². The summed E-state index contributed by atoms with van der Waals surface area (Å²) in [6, 6.07) is 12.6. The molecule has 32 heavy (non-hydrogen) atoms.